The van der Waals surface area contributed by atoms with Crippen molar-refractivity contribution < 1.29 is 19.5 Å². The molecule has 2 N–H and O–H groups in total. The third kappa shape index (κ3) is 2.89. The fourth-order valence-electron chi connectivity index (χ4n) is 3.63. The number of ketones is 2. The van der Waals surface area contributed by atoms with Crippen molar-refractivity contribution in [1.82, 2.24) is 15.0 Å². The Labute approximate surface area is 175 Å². The molecule has 0 atom stereocenters. The number of carboxylic acids is 1. The third-order valence-corrected chi connectivity index (χ3v) is 5.08. The van der Waals surface area contributed by atoms with E-state index in [4.69, 9.17) is 0 Å². The molecule has 3 aromatic carbocycles. The summed E-state index contributed by atoms with van der Waals surface area (Å²) in [5, 5.41) is 20.6. The van der Waals surface area contributed by atoms with E-state index in [1.54, 1.807) is 60.7 Å². The Hall–Kier alpha value is -4.59. The maximum atomic E-state index is 13.5. The van der Waals surface area contributed by atoms with Gasteiger partial charge < -0.3 is 10.4 Å². The van der Waals surface area contributed by atoms with Crippen molar-refractivity contribution in [2.75, 3.05) is 5.32 Å². The van der Waals surface area contributed by atoms with Gasteiger partial charge in [-0.05, 0) is 24.3 Å². The number of para-hydroxylation sites is 2. The molecule has 1 aliphatic rings. The normalized spacial score (nSPS) is 13.4. The number of rotatable bonds is 4. The van der Waals surface area contributed by atoms with Gasteiger partial charge in [-0.2, -0.15) is 0 Å². The molecule has 1 heterocycles. The highest BCUT2D eigenvalue weighted by atomic mass is 16.4. The van der Waals surface area contributed by atoms with E-state index in [0.29, 0.717) is 11.0 Å². The minimum atomic E-state index is -1.16. The Balaban J connectivity index is 1.78. The lowest BCUT2D eigenvalue weighted by atomic mass is 9.90. The van der Waals surface area contributed by atoms with Gasteiger partial charge >= 0.3 is 5.97 Å². The van der Waals surface area contributed by atoms with Gasteiger partial charge in [-0.25, -0.2) is 9.48 Å². The average Bonchev–Trinajstić information content (AvgIpc) is 3.21. The first-order valence-electron chi connectivity index (χ1n) is 9.39. The lowest BCUT2D eigenvalue weighted by Crippen LogP contribution is -2.28. The summed E-state index contributed by atoms with van der Waals surface area (Å²) in [5.41, 5.74) is 1.66. The van der Waals surface area contributed by atoms with Gasteiger partial charge in [0, 0.05) is 11.1 Å². The van der Waals surface area contributed by atoms with Gasteiger partial charge in [0.15, 0.2) is 0 Å². The standard InChI is InChI=1S/C23H14N4O4/c28-21-13-7-1-2-8-14(13)22(29)20(27-18-12-6-5-11-17(18)25-26-27)19(21)24-16-10-4-3-9-15(16)23(30)31/h1-12,24H,(H,30,31). The molecule has 0 spiro atoms. The number of fused-ring (bicyclic) bond motifs is 2. The Morgan fingerprint density at radius 2 is 1.48 bits per heavy atom. The molecule has 0 saturated heterocycles. The molecule has 8 heteroatoms. The van der Waals surface area contributed by atoms with E-state index in [9.17, 15) is 19.5 Å². The molecule has 0 aliphatic heterocycles. The number of carbonyl (C=O) groups is 3. The third-order valence-electron chi connectivity index (χ3n) is 5.08. The lowest BCUT2D eigenvalue weighted by Gasteiger charge is -2.22. The fourth-order valence-corrected chi connectivity index (χ4v) is 3.63. The Morgan fingerprint density at radius 3 is 2.26 bits per heavy atom. The first kappa shape index (κ1) is 18.4. The minimum absolute atomic E-state index is 0.0161. The molecule has 0 radical (unpaired) electrons. The Kier molecular flexibility index (Phi) is 4.18. The first-order chi connectivity index (χ1) is 15.1. The van der Waals surface area contributed by atoms with Crippen molar-refractivity contribution in [2.45, 2.75) is 0 Å². The minimum Gasteiger partial charge on any atom is -0.478 e. The number of benzene rings is 3. The topological polar surface area (TPSA) is 114 Å². The van der Waals surface area contributed by atoms with E-state index >= 15 is 0 Å². The molecule has 0 fully saturated rings. The van der Waals surface area contributed by atoms with Crippen molar-refractivity contribution in [3.05, 3.63) is 95.2 Å². The summed E-state index contributed by atoms with van der Waals surface area (Å²) in [5.74, 6) is -2.02. The number of carboxylic acid groups (broad SMARTS) is 1. The molecule has 150 valence electrons. The first-order valence-corrected chi connectivity index (χ1v) is 9.39. The summed E-state index contributed by atoms with van der Waals surface area (Å²) in [6.07, 6.45) is 0. The van der Waals surface area contributed by atoms with E-state index in [1.807, 2.05) is 0 Å². The van der Waals surface area contributed by atoms with Crippen molar-refractivity contribution in [3.8, 4) is 0 Å². The summed E-state index contributed by atoms with van der Waals surface area (Å²) in [6.45, 7) is 0. The van der Waals surface area contributed by atoms with Crippen LogP contribution in [-0.4, -0.2) is 37.6 Å². The summed E-state index contributed by atoms with van der Waals surface area (Å²) < 4.78 is 1.32. The van der Waals surface area contributed by atoms with E-state index in [2.05, 4.69) is 15.6 Å². The van der Waals surface area contributed by atoms with Crippen molar-refractivity contribution in [3.63, 3.8) is 0 Å². The van der Waals surface area contributed by atoms with E-state index in [0.717, 1.165) is 0 Å². The molecular weight excluding hydrogens is 396 g/mol. The molecule has 8 nitrogen and oxygen atoms in total. The van der Waals surface area contributed by atoms with Crippen LogP contribution in [0.25, 0.3) is 16.7 Å². The maximum absolute atomic E-state index is 13.5. The number of hydrogen-bond donors (Lipinski definition) is 2. The van der Waals surface area contributed by atoms with Crippen LogP contribution in [0, 0.1) is 0 Å². The van der Waals surface area contributed by atoms with Gasteiger partial charge in [0.1, 0.15) is 16.9 Å². The quantitative estimate of drug-likeness (QED) is 0.529. The molecule has 1 aliphatic carbocycles. The molecule has 0 amide bonds. The monoisotopic (exact) mass is 410 g/mol. The van der Waals surface area contributed by atoms with E-state index in [1.165, 1.54) is 16.8 Å². The van der Waals surface area contributed by atoms with E-state index in [-0.39, 0.29) is 33.8 Å². The molecule has 5 rings (SSSR count). The van der Waals surface area contributed by atoms with Crippen LogP contribution in [0.3, 0.4) is 0 Å². The molecule has 0 unspecified atom stereocenters. The van der Waals surface area contributed by atoms with Crippen LogP contribution in [0.1, 0.15) is 31.1 Å². The van der Waals surface area contributed by atoms with Gasteiger partial charge in [0.05, 0.1) is 16.8 Å². The number of nitrogens with zero attached hydrogens (tertiary/aromatic N) is 3. The molecule has 4 aromatic rings. The van der Waals surface area contributed by atoms with Crippen molar-refractivity contribution in [2.24, 2.45) is 0 Å². The number of aromatic carboxylic acids is 1. The second-order valence-electron chi connectivity index (χ2n) is 6.89. The predicted octanol–water partition coefficient (Wildman–Crippen LogP) is 3.49. The number of carbonyl (C=O) groups excluding carboxylic acids is 2. The zero-order valence-corrected chi connectivity index (χ0v) is 15.9. The predicted molar refractivity (Wildman–Crippen MR) is 113 cm³/mol. The van der Waals surface area contributed by atoms with Crippen LogP contribution in [0.15, 0.2) is 78.5 Å². The number of anilines is 1. The fraction of sp³-hybridized carbons (Fsp3) is 0. The highest BCUT2D eigenvalue weighted by Gasteiger charge is 2.35. The van der Waals surface area contributed by atoms with Crippen LogP contribution in [0.2, 0.25) is 0 Å². The highest BCUT2D eigenvalue weighted by molar-refractivity contribution is 6.38. The van der Waals surface area contributed by atoms with Gasteiger partial charge in [-0.15, -0.1) is 5.10 Å². The summed E-state index contributed by atoms with van der Waals surface area (Å²) in [7, 11) is 0. The van der Waals surface area contributed by atoms with Crippen LogP contribution in [0.5, 0.6) is 0 Å². The number of allylic oxidation sites excluding steroid dienone is 2. The highest BCUT2D eigenvalue weighted by Crippen LogP contribution is 2.32. The van der Waals surface area contributed by atoms with Crippen molar-refractivity contribution in [1.29, 1.82) is 0 Å². The van der Waals surface area contributed by atoms with Gasteiger partial charge in [-0.1, -0.05) is 53.7 Å². The van der Waals surface area contributed by atoms with Gasteiger partial charge in [-0.3, -0.25) is 9.59 Å². The van der Waals surface area contributed by atoms with Crippen molar-refractivity contribution >= 4 is 40.0 Å². The summed E-state index contributed by atoms with van der Waals surface area (Å²) in [4.78, 5) is 38.5. The summed E-state index contributed by atoms with van der Waals surface area (Å²) >= 11 is 0. The molecular formula is C23H14N4O4. The maximum Gasteiger partial charge on any atom is 0.337 e. The van der Waals surface area contributed by atoms with Crippen LogP contribution < -0.4 is 5.32 Å². The molecule has 31 heavy (non-hydrogen) atoms. The van der Waals surface area contributed by atoms with E-state index < -0.39 is 17.5 Å². The van der Waals surface area contributed by atoms with Crippen LogP contribution >= 0.6 is 0 Å². The number of hydrogen-bond acceptors (Lipinski definition) is 6. The van der Waals surface area contributed by atoms with Crippen LogP contribution in [-0.2, 0) is 0 Å². The smallest absolute Gasteiger partial charge is 0.337 e. The van der Waals surface area contributed by atoms with Crippen LogP contribution in [0.4, 0.5) is 5.69 Å². The zero-order chi connectivity index (χ0) is 21.5. The Morgan fingerprint density at radius 1 is 0.839 bits per heavy atom. The lowest BCUT2D eigenvalue weighted by molar-refractivity contribution is 0.0697. The second kappa shape index (κ2) is 7.03. The largest absolute Gasteiger partial charge is 0.478 e. The number of aromatic nitrogens is 3. The second-order valence-corrected chi connectivity index (χ2v) is 6.89. The Bertz CT molecular complexity index is 1430. The summed E-state index contributed by atoms with van der Waals surface area (Å²) in [6, 6.07) is 19.7. The average molecular weight is 410 g/mol. The zero-order valence-electron chi connectivity index (χ0n) is 15.9. The molecule has 1 aromatic heterocycles. The number of nitrogens with one attached hydrogen (secondary N) is 1. The molecule has 0 saturated carbocycles. The SMILES string of the molecule is O=C(O)c1ccccc1NC1=C(n2nnc3ccccc32)C(=O)c2ccccc2C1=O. The van der Waals surface area contributed by atoms with Gasteiger partial charge in [0.2, 0.25) is 11.6 Å². The number of Topliss-reactive ketones (excluding diaryl/α,β-unsaturated/α-hetero) is 2. The van der Waals surface area contributed by atoms with Gasteiger partial charge in [0.25, 0.3) is 0 Å². The molecule has 0 bridgehead atoms.